The van der Waals surface area contributed by atoms with E-state index in [0.29, 0.717) is 5.92 Å². The maximum atomic E-state index is 10.3. The summed E-state index contributed by atoms with van der Waals surface area (Å²) in [7, 11) is -3.41. The fourth-order valence-electron chi connectivity index (χ4n) is 3.74. The first-order valence-electron chi connectivity index (χ1n) is 10.7. The molecular formula is C22H42O2SSi2. The van der Waals surface area contributed by atoms with Crippen molar-refractivity contribution in [2.75, 3.05) is 5.75 Å². The molecule has 0 spiro atoms. The fourth-order valence-corrected chi connectivity index (χ4v) is 15.0. The number of benzene rings is 1. The molecule has 0 fully saturated rings. The van der Waals surface area contributed by atoms with Crippen LogP contribution in [0.2, 0.25) is 38.3 Å². The van der Waals surface area contributed by atoms with Gasteiger partial charge in [0.2, 0.25) is 0 Å². The quantitative estimate of drug-likeness (QED) is 0.193. The standard InChI is InChI=1S/C22H42O2SSi2/c1-7-9-11-16-22(23)25-17-18-27(6,24-26(3,4)5)19-20(8-2)21-14-12-10-13-15-21/h10,12-15,20,22-23H,7-9,11,16-19H2,1-6H3. The van der Waals surface area contributed by atoms with Crippen LogP contribution in [0.1, 0.15) is 57.4 Å². The SMILES string of the molecule is CCCCCC(O)SCC[Si](C)(CC(CC)c1ccccc1)O[Si](C)(C)C. The molecule has 1 aromatic rings. The molecule has 156 valence electrons. The summed E-state index contributed by atoms with van der Waals surface area (Å²) in [4.78, 5) is 0. The molecule has 0 saturated heterocycles. The lowest BCUT2D eigenvalue weighted by molar-refractivity contribution is 0.248. The molecule has 1 N–H and O–H groups in total. The summed E-state index contributed by atoms with van der Waals surface area (Å²) in [5.74, 6) is 1.60. The molecule has 0 bridgehead atoms. The molecule has 0 aromatic heterocycles. The Kier molecular flexibility index (Phi) is 11.5. The lowest BCUT2D eigenvalue weighted by atomic mass is 9.99. The Bertz CT molecular complexity index is 507. The highest BCUT2D eigenvalue weighted by Gasteiger charge is 2.36. The summed E-state index contributed by atoms with van der Waals surface area (Å²) in [5.41, 5.74) is 1.24. The normalized spacial score (nSPS) is 16.7. The molecule has 0 aliphatic heterocycles. The zero-order valence-corrected chi connectivity index (χ0v) is 21.3. The van der Waals surface area contributed by atoms with Crippen molar-refractivity contribution >= 4 is 28.4 Å². The van der Waals surface area contributed by atoms with Crippen LogP contribution >= 0.6 is 11.8 Å². The van der Waals surface area contributed by atoms with Gasteiger partial charge in [-0.05, 0) is 68.4 Å². The average Bonchev–Trinajstić information content (AvgIpc) is 2.59. The minimum atomic E-state index is -1.83. The Balaban J connectivity index is 2.70. The van der Waals surface area contributed by atoms with Crippen LogP contribution in [0.3, 0.4) is 0 Å². The minimum Gasteiger partial charge on any atom is -0.455 e. The topological polar surface area (TPSA) is 29.5 Å². The number of hydrogen-bond donors (Lipinski definition) is 1. The number of aliphatic hydroxyl groups excluding tert-OH is 1. The third-order valence-corrected chi connectivity index (χ3v) is 13.5. The van der Waals surface area contributed by atoms with E-state index in [1.54, 1.807) is 11.8 Å². The van der Waals surface area contributed by atoms with Crippen LogP contribution in [0.25, 0.3) is 0 Å². The molecule has 3 unspecified atom stereocenters. The van der Waals surface area contributed by atoms with Crippen molar-refractivity contribution in [1.82, 2.24) is 0 Å². The van der Waals surface area contributed by atoms with Gasteiger partial charge in [0.1, 0.15) is 0 Å². The highest BCUT2D eigenvalue weighted by Crippen LogP contribution is 2.35. The Labute approximate surface area is 174 Å². The molecular weight excluding hydrogens is 384 g/mol. The van der Waals surface area contributed by atoms with Gasteiger partial charge in [-0.15, -0.1) is 11.8 Å². The van der Waals surface area contributed by atoms with E-state index in [-0.39, 0.29) is 5.44 Å². The molecule has 0 radical (unpaired) electrons. The fraction of sp³-hybridized carbons (Fsp3) is 0.727. The molecule has 3 atom stereocenters. The molecule has 0 aliphatic carbocycles. The first kappa shape index (κ1) is 25.0. The lowest BCUT2D eigenvalue weighted by Crippen LogP contribution is -2.46. The maximum absolute atomic E-state index is 10.3. The summed E-state index contributed by atoms with van der Waals surface area (Å²) >= 11 is 1.74. The zero-order chi connectivity index (χ0) is 20.3. The van der Waals surface area contributed by atoms with Crippen LogP contribution in [0.5, 0.6) is 0 Å². The van der Waals surface area contributed by atoms with Crippen LogP contribution in [-0.2, 0) is 4.12 Å². The molecule has 5 heteroatoms. The first-order valence-corrected chi connectivity index (χ1v) is 18.0. The lowest BCUT2D eigenvalue weighted by Gasteiger charge is -2.37. The van der Waals surface area contributed by atoms with Gasteiger partial charge in [-0.25, -0.2) is 0 Å². The Morgan fingerprint density at radius 1 is 1.04 bits per heavy atom. The van der Waals surface area contributed by atoms with Crippen molar-refractivity contribution < 1.29 is 9.22 Å². The van der Waals surface area contributed by atoms with Crippen LogP contribution in [-0.4, -0.2) is 32.9 Å². The predicted octanol–water partition coefficient (Wildman–Crippen LogP) is 7.24. The largest absolute Gasteiger partial charge is 0.455 e. The Hall–Kier alpha value is -0.0762. The number of aliphatic hydroxyl groups is 1. The second-order valence-corrected chi connectivity index (χ2v) is 19.1. The molecule has 0 amide bonds. The molecule has 1 aromatic carbocycles. The van der Waals surface area contributed by atoms with Crippen molar-refractivity contribution in [2.24, 2.45) is 0 Å². The van der Waals surface area contributed by atoms with Gasteiger partial charge < -0.3 is 9.22 Å². The minimum absolute atomic E-state index is 0.210. The van der Waals surface area contributed by atoms with Gasteiger partial charge >= 0.3 is 0 Å². The summed E-state index contributed by atoms with van der Waals surface area (Å²) < 4.78 is 6.84. The second kappa shape index (κ2) is 12.5. The Morgan fingerprint density at radius 3 is 2.26 bits per heavy atom. The van der Waals surface area contributed by atoms with E-state index in [0.717, 1.165) is 31.1 Å². The summed E-state index contributed by atoms with van der Waals surface area (Å²) in [6.45, 7) is 13.9. The highest BCUT2D eigenvalue weighted by atomic mass is 32.2. The smallest absolute Gasteiger partial charge is 0.177 e. The van der Waals surface area contributed by atoms with Crippen LogP contribution in [0.4, 0.5) is 0 Å². The highest BCUT2D eigenvalue weighted by molar-refractivity contribution is 7.99. The number of unbranched alkanes of at least 4 members (excludes halogenated alkanes) is 2. The van der Waals surface area contributed by atoms with Gasteiger partial charge in [0, 0.05) is 0 Å². The van der Waals surface area contributed by atoms with Gasteiger partial charge in [-0.3, -0.25) is 0 Å². The molecule has 2 nitrogen and oxygen atoms in total. The van der Waals surface area contributed by atoms with E-state index in [1.165, 1.54) is 24.4 Å². The summed E-state index contributed by atoms with van der Waals surface area (Å²) in [6, 6.07) is 13.3. The monoisotopic (exact) mass is 426 g/mol. The maximum Gasteiger partial charge on any atom is 0.177 e. The van der Waals surface area contributed by atoms with Gasteiger partial charge in [0.05, 0.1) is 5.44 Å². The van der Waals surface area contributed by atoms with E-state index in [4.69, 9.17) is 4.12 Å². The first-order chi connectivity index (χ1) is 12.7. The van der Waals surface area contributed by atoms with Crippen molar-refractivity contribution in [1.29, 1.82) is 0 Å². The summed E-state index contributed by atoms with van der Waals surface area (Å²) in [5, 5.41) is 10.3. The average molecular weight is 427 g/mol. The van der Waals surface area contributed by atoms with Gasteiger partial charge in [-0.2, -0.15) is 0 Å². The van der Waals surface area contributed by atoms with E-state index < -0.39 is 16.6 Å². The van der Waals surface area contributed by atoms with Crippen LogP contribution in [0, 0.1) is 0 Å². The molecule has 0 aliphatic rings. The third kappa shape index (κ3) is 10.9. The van der Waals surface area contributed by atoms with Crippen molar-refractivity contribution in [3.63, 3.8) is 0 Å². The van der Waals surface area contributed by atoms with E-state index >= 15 is 0 Å². The van der Waals surface area contributed by atoms with E-state index in [2.05, 4.69) is 70.4 Å². The van der Waals surface area contributed by atoms with Gasteiger partial charge in [-0.1, -0.05) is 63.4 Å². The number of rotatable bonds is 14. The molecule has 0 heterocycles. The summed E-state index contributed by atoms with van der Waals surface area (Å²) in [6.07, 6.45) is 5.65. The molecule has 0 saturated carbocycles. The van der Waals surface area contributed by atoms with E-state index in [1.807, 2.05) is 0 Å². The van der Waals surface area contributed by atoms with Crippen LogP contribution in [0.15, 0.2) is 30.3 Å². The number of hydrogen-bond acceptors (Lipinski definition) is 3. The second-order valence-electron chi connectivity index (χ2n) is 8.96. The van der Waals surface area contributed by atoms with Crippen molar-refractivity contribution in [2.45, 2.75) is 95.6 Å². The Morgan fingerprint density at radius 2 is 1.70 bits per heavy atom. The van der Waals surface area contributed by atoms with E-state index in [9.17, 15) is 5.11 Å². The molecule has 27 heavy (non-hydrogen) atoms. The third-order valence-electron chi connectivity index (χ3n) is 4.99. The zero-order valence-electron chi connectivity index (χ0n) is 18.5. The van der Waals surface area contributed by atoms with Crippen molar-refractivity contribution in [3.8, 4) is 0 Å². The van der Waals surface area contributed by atoms with Crippen molar-refractivity contribution in [3.05, 3.63) is 35.9 Å². The van der Waals surface area contributed by atoms with Crippen LogP contribution < -0.4 is 0 Å². The number of thioether (sulfide) groups is 1. The van der Waals surface area contributed by atoms with Gasteiger partial charge in [0.25, 0.3) is 0 Å². The molecule has 1 rings (SSSR count). The van der Waals surface area contributed by atoms with Gasteiger partial charge in [0.15, 0.2) is 16.6 Å². The predicted molar refractivity (Wildman–Crippen MR) is 128 cm³/mol.